The van der Waals surface area contributed by atoms with Crippen molar-refractivity contribution in [3.05, 3.63) is 23.2 Å². The Morgan fingerprint density at radius 2 is 1.94 bits per heavy atom. The predicted octanol–water partition coefficient (Wildman–Crippen LogP) is -0.0562. The number of hydrogen-bond acceptors (Lipinski definition) is 5. The highest BCUT2D eigenvalue weighted by molar-refractivity contribution is 7.89. The van der Waals surface area contributed by atoms with Crippen molar-refractivity contribution < 1.29 is 18.6 Å². The molecule has 0 amide bonds. The molecule has 0 spiro atoms. The van der Waals surface area contributed by atoms with Gasteiger partial charge in [0.15, 0.2) is 0 Å². The molecule has 0 bridgehead atoms. The molecular formula is C10H15ClN2O4S. The minimum Gasteiger partial charge on any atom is -0.399 e. The summed E-state index contributed by atoms with van der Waals surface area (Å²) in [5, 5.41) is 18.2. The van der Waals surface area contributed by atoms with Crippen molar-refractivity contribution in [1.29, 1.82) is 0 Å². The van der Waals surface area contributed by atoms with E-state index in [1.807, 2.05) is 0 Å². The zero-order valence-corrected chi connectivity index (χ0v) is 11.3. The van der Waals surface area contributed by atoms with E-state index in [4.69, 9.17) is 27.5 Å². The van der Waals surface area contributed by atoms with Crippen molar-refractivity contribution in [3.63, 3.8) is 0 Å². The highest BCUT2D eigenvalue weighted by atomic mass is 35.5. The summed E-state index contributed by atoms with van der Waals surface area (Å²) < 4.78 is 26.3. The maximum atomic E-state index is 12.1. The number of nitrogen functional groups attached to an aromatic ring is 1. The first-order valence-corrected chi connectivity index (χ1v) is 6.91. The highest BCUT2D eigenvalue weighted by Crippen LogP contribution is 2.24. The van der Waals surface area contributed by atoms with Gasteiger partial charge in [0.25, 0.3) is 0 Å². The molecule has 0 aliphatic carbocycles. The Hall–Kier alpha value is -0.860. The lowest BCUT2D eigenvalue weighted by Crippen LogP contribution is -2.51. The van der Waals surface area contributed by atoms with Gasteiger partial charge in [-0.1, -0.05) is 11.6 Å². The van der Waals surface area contributed by atoms with Crippen LogP contribution >= 0.6 is 11.6 Å². The minimum absolute atomic E-state index is 0.00919. The zero-order chi connectivity index (χ0) is 14.0. The van der Waals surface area contributed by atoms with Crippen LogP contribution in [0, 0.1) is 0 Å². The van der Waals surface area contributed by atoms with Crippen molar-refractivity contribution in [2.24, 2.45) is 0 Å². The molecule has 0 saturated carbocycles. The van der Waals surface area contributed by atoms with E-state index in [0.29, 0.717) is 0 Å². The molecule has 0 heterocycles. The Morgan fingerprint density at radius 3 is 2.44 bits per heavy atom. The van der Waals surface area contributed by atoms with Gasteiger partial charge in [-0.3, -0.25) is 0 Å². The number of anilines is 1. The van der Waals surface area contributed by atoms with Crippen molar-refractivity contribution in [2.75, 3.05) is 18.9 Å². The molecule has 0 unspecified atom stereocenters. The maximum absolute atomic E-state index is 12.1. The van der Waals surface area contributed by atoms with Crippen LogP contribution < -0.4 is 10.5 Å². The average molecular weight is 295 g/mol. The molecule has 0 saturated heterocycles. The Bertz CT molecular complexity index is 529. The Labute approximate surface area is 110 Å². The van der Waals surface area contributed by atoms with Crippen LogP contribution in [0.5, 0.6) is 0 Å². The third kappa shape index (κ3) is 3.33. The first-order chi connectivity index (χ1) is 8.24. The van der Waals surface area contributed by atoms with Crippen molar-refractivity contribution in [3.8, 4) is 0 Å². The predicted molar refractivity (Wildman–Crippen MR) is 68.8 cm³/mol. The van der Waals surface area contributed by atoms with E-state index in [-0.39, 0.29) is 15.6 Å². The molecule has 1 aromatic rings. The molecule has 8 heteroatoms. The van der Waals surface area contributed by atoms with E-state index < -0.39 is 28.8 Å². The molecule has 5 N–H and O–H groups in total. The lowest BCUT2D eigenvalue weighted by atomic mass is 10.1. The largest absolute Gasteiger partial charge is 0.399 e. The van der Waals surface area contributed by atoms with Gasteiger partial charge < -0.3 is 15.9 Å². The normalized spacial score (nSPS) is 12.7. The van der Waals surface area contributed by atoms with Crippen LogP contribution in [0.4, 0.5) is 5.69 Å². The lowest BCUT2D eigenvalue weighted by molar-refractivity contribution is 0.122. The molecule has 0 aliphatic heterocycles. The van der Waals surface area contributed by atoms with Gasteiger partial charge in [-0.2, -0.15) is 0 Å². The number of nitrogens with one attached hydrogen (secondary N) is 1. The number of sulfonamides is 1. The molecular weight excluding hydrogens is 280 g/mol. The van der Waals surface area contributed by atoms with Crippen molar-refractivity contribution in [2.45, 2.75) is 17.4 Å². The van der Waals surface area contributed by atoms with Gasteiger partial charge in [0.2, 0.25) is 10.0 Å². The molecule has 102 valence electrons. The number of halogens is 1. The zero-order valence-electron chi connectivity index (χ0n) is 9.72. The Morgan fingerprint density at radius 1 is 1.39 bits per heavy atom. The van der Waals surface area contributed by atoms with E-state index in [1.54, 1.807) is 0 Å². The van der Waals surface area contributed by atoms with Crippen LogP contribution in [0.2, 0.25) is 5.02 Å². The number of nitrogens with two attached hydrogens (primary N) is 1. The summed E-state index contributed by atoms with van der Waals surface area (Å²) in [7, 11) is -3.98. The van der Waals surface area contributed by atoms with E-state index in [1.165, 1.54) is 25.1 Å². The lowest BCUT2D eigenvalue weighted by Gasteiger charge is -2.26. The maximum Gasteiger partial charge on any atom is 0.242 e. The Kier molecular flexibility index (Phi) is 4.57. The van der Waals surface area contributed by atoms with Crippen LogP contribution in [0.1, 0.15) is 6.92 Å². The molecule has 1 aromatic carbocycles. The van der Waals surface area contributed by atoms with Gasteiger partial charge in [-0.25, -0.2) is 13.1 Å². The molecule has 1 rings (SSSR count). The van der Waals surface area contributed by atoms with Crippen LogP contribution in [-0.2, 0) is 10.0 Å². The topological polar surface area (TPSA) is 113 Å². The average Bonchev–Trinajstić information content (AvgIpc) is 2.31. The SMILES string of the molecule is CC(CO)(CO)NS(=O)(=O)c1cc(N)ccc1Cl. The second-order valence-corrected chi connectivity index (χ2v) is 6.23. The molecule has 0 aromatic heterocycles. The van der Waals surface area contributed by atoms with Crippen LogP contribution in [-0.4, -0.2) is 37.4 Å². The van der Waals surface area contributed by atoms with Crippen LogP contribution in [0.3, 0.4) is 0 Å². The third-order valence-electron chi connectivity index (χ3n) is 2.32. The van der Waals surface area contributed by atoms with E-state index in [0.717, 1.165) is 0 Å². The first kappa shape index (κ1) is 15.2. The molecule has 6 nitrogen and oxygen atoms in total. The third-order valence-corrected chi connectivity index (χ3v) is 4.44. The molecule has 0 radical (unpaired) electrons. The highest BCUT2D eigenvalue weighted by Gasteiger charge is 2.30. The van der Waals surface area contributed by atoms with Gasteiger partial charge in [0, 0.05) is 5.69 Å². The van der Waals surface area contributed by atoms with Gasteiger partial charge in [0.1, 0.15) is 4.90 Å². The first-order valence-electron chi connectivity index (χ1n) is 5.05. The van der Waals surface area contributed by atoms with E-state index in [9.17, 15) is 8.42 Å². The van der Waals surface area contributed by atoms with Crippen molar-refractivity contribution in [1.82, 2.24) is 4.72 Å². The molecule has 0 aliphatic rings. The van der Waals surface area contributed by atoms with Crippen molar-refractivity contribution >= 4 is 27.3 Å². The number of benzene rings is 1. The molecule has 0 fully saturated rings. The molecule has 0 atom stereocenters. The second kappa shape index (κ2) is 5.41. The smallest absolute Gasteiger partial charge is 0.242 e. The minimum atomic E-state index is -3.98. The second-order valence-electron chi connectivity index (χ2n) is 4.17. The summed E-state index contributed by atoms with van der Waals surface area (Å²) in [6.45, 7) is 0.260. The van der Waals surface area contributed by atoms with Crippen LogP contribution in [0.15, 0.2) is 23.1 Å². The summed E-state index contributed by atoms with van der Waals surface area (Å²) in [6.07, 6.45) is 0. The van der Waals surface area contributed by atoms with Gasteiger partial charge in [-0.05, 0) is 25.1 Å². The van der Waals surface area contributed by atoms with Gasteiger partial charge >= 0.3 is 0 Å². The molecule has 18 heavy (non-hydrogen) atoms. The summed E-state index contributed by atoms with van der Waals surface area (Å²) >= 11 is 5.80. The van der Waals surface area contributed by atoms with E-state index >= 15 is 0 Å². The van der Waals surface area contributed by atoms with Crippen LogP contribution in [0.25, 0.3) is 0 Å². The van der Waals surface area contributed by atoms with E-state index in [2.05, 4.69) is 4.72 Å². The Balaban J connectivity index is 3.18. The number of aliphatic hydroxyl groups is 2. The quantitative estimate of drug-likeness (QED) is 0.569. The fraction of sp³-hybridized carbons (Fsp3) is 0.400. The van der Waals surface area contributed by atoms with Gasteiger partial charge in [0.05, 0.1) is 23.8 Å². The summed E-state index contributed by atoms with van der Waals surface area (Å²) in [4.78, 5) is -0.197. The number of hydrogen-bond donors (Lipinski definition) is 4. The summed E-state index contributed by atoms with van der Waals surface area (Å²) in [5.41, 5.74) is 4.38. The standard InChI is InChI=1S/C10H15ClN2O4S/c1-10(5-14,6-15)13-18(16,17)9-4-7(12)2-3-8(9)11/h2-4,13-15H,5-6,12H2,1H3. The fourth-order valence-corrected chi connectivity index (χ4v) is 3.15. The fourth-order valence-electron chi connectivity index (χ4n) is 1.22. The summed E-state index contributed by atoms with van der Waals surface area (Å²) in [5.74, 6) is 0. The monoisotopic (exact) mass is 294 g/mol. The number of aliphatic hydroxyl groups excluding tert-OH is 2. The number of rotatable bonds is 5. The summed E-state index contributed by atoms with van der Waals surface area (Å²) in [6, 6.07) is 4.04. The van der Waals surface area contributed by atoms with Gasteiger partial charge in [-0.15, -0.1) is 0 Å².